The van der Waals surface area contributed by atoms with Crippen molar-refractivity contribution in [2.45, 2.75) is 19.4 Å². The van der Waals surface area contributed by atoms with Gasteiger partial charge in [-0.1, -0.05) is 29.8 Å². The molecule has 3 N–H and O–H groups in total. The first-order valence-electron chi connectivity index (χ1n) is 6.29. The Kier molecular flexibility index (Phi) is 4.88. The fourth-order valence-electron chi connectivity index (χ4n) is 2.17. The van der Waals surface area contributed by atoms with Crippen LogP contribution < -0.4 is 11.3 Å². The Labute approximate surface area is 125 Å². The number of halogens is 4. The van der Waals surface area contributed by atoms with E-state index in [0.29, 0.717) is 11.1 Å². The smallest absolute Gasteiger partial charge is 0.142 e. The molecule has 0 saturated heterocycles. The number of rotatable bonds is 4. The van der Waals surface area contributed by atoms with Gasteiger partial charge in [-0.05, 0) is 36.6 Å². The Morgan fingerprint density at radius 2 is 1.86 bits per heavy atom. The molecule has 2 rings (SSSR count). The molecule has 2 aromatic carbocycles. The van der Waals surface area contributed by atoms with Crippen LogP contribution in [0.15, 0.2) is 30.3 Å². The normalized spacial score (nSPS) is 12.5. The van der Waals surface area contributed by atoms with Crippen LogP contribution in [0.1, 0.15) is 22.7 Å². The van der Waals surface area contributed by atoms with Gasteiger partial charge in [-0.25, -0.2) is 13.2 Å². The van der Waals surface area contributed by atoms with E-state index in [9.17, 15) is 13.2 Å². The van der Waals surface area contributed by atoms with E-state index >= 15 is 0 Å². The molecule has 1 atom stereocenters. The summed E-state index contributed by atoms with van der Waals surface area (Å²) in [4.78, 5) is 0. The highest BCUT2D eigenvalue weighted by molar-refractivity contribution is 6.31. The molecular weight excluding hydrogens is 301 g/mol. The number of nitrogens with one attached hydrogen (secondary N) is 1. The van der Waals surface area contributed by atoms with Crippen LogP contribution in [-0.4, -0.2) is 0 Å². The molecule has 0 fully saturated rings. The van der Waals surface area contributed by atoms with Gasteiger partial charge in [-0.3, -0.25) is 11.3 Å². The first-order valence-corrected chi connectivity index (χ1v) is 6.67. The summed E-state index contributed by atoms with van der Waals surface area (Å²) in [7, 11) is 0. The van der Waals surface area contributed by atoms with E-state index in [1.165, 1.54) is 31.2 Å². The van der Waals surface area contributed by atoms with Crippen LogP contribution in [0.25, 0.3) is 0 Å². The minimum atomic E-state index is -0.857. The third kappa shape index (κ3) is 3.20. The van der Waals surface area contributed by atoms with Gasteiger partial charge in [0.1, 0.15) is 17.5 Å². The molecule has 0 saturated carbocycles. The van der Waals surface area contributed by atoms with Gasteiger partial charge in [0, 0.05) is 5.56 Å². The molecule has 0 amide bonds. The number of hydrogen-bond donors (Lipinski definition) is 2. The third-order valence-electron chi connectivity index (χ3n) is 3.32. The summed E-state index contributed by atoms with van der Waals surface area (Å²) in [5, 5.41) is -0.0776. The largest absolute Gasteiger partial charge is 0.271 e. The highest BCUT2D eigenvalue weighted by Crippen LogP contribution is 2.29. The number of benzene rings is 2. The first kappa shape index (κ1) is 15.8. The van der Waals surface area contributed by atoms with Crippen LogP contribution in [0.4, 0.5) is 13.2 Å². The van der Waals surface area contributed by atoms with E-state index in [0.717, 1.165) is 0 Å². The molecule has 2 aromatic rings. The second-order valence-electron chi connectivity index (χ2n) is 4.73. The van der Waals surface area contributed by atoms with Crippen molar-refractivity contribution < 1.29 is 13.2 Å². The van der Waals surface area contributed by atoms with Gasteiger partial charge in [0.05, 0.1) is 11.1 Å². The molecular formula is C15H14ClF3N2. The molecule has 1 unspecified atom stereocenters. The second kappa shape index (κ2) is 6.47. The van der Waals surface area contributed by atoms with E-state index in [1.54, 1.807) is 6.07 Å². The van der Waals surface area contributed by atoms with Crippen LogP contribution >= 0.6 is 11.6 Å². The molecule has 0 aromatic heterocycles. The molecule has 0 radical (unpaired) electrons. The zero-order valence-electron chi connectivity index (χ0n) is 11.3. The van der Waals surface area contributed by atoms with Crippen molar-refractivity contribution in [3.8, 4) is 0 Å². The first-order chi connectivity index (χ1) is 9.95. The predicted octanol–water partition coefficient (Wildman–Crippen LogP) is 3.81. The summed E-state index contributed by atoms with van der Waals surface area (Å²) in [6, 6.07) is 5.94. The van der Waals surface area contributed by atoms with Crippen molar-refractivity contribution in [1.82, 2.24) is 5.43 Å². The van der Waals surface area contributed by atoms with E-state index in [1.807, 2.05) is 0 Å². The van der Waals surface area contributed by atoms with Crippen molar-refractivity contribution in [3.63, 3.8) is 0 Å². The molecule has 0 bridgehead atoms. The Balaban J connectivity index is 2.42. The number of hydrogen-bond acceptors (Lipinski definition) is 2. The van der Waals surface area contributed by atoms with Gasteiger partial charge in [0.2, 0.25) is 0 Å². The number of hydrazine groups is 1. The van der Waals surface area contributed by atoms with Gasteiger partial charge >= 0.3 is 0 Å². The monoisotopic (exact) mass is 314 g/mol. The SMILES string of the molecule is Cc1ccc(F)c(C(Cc2cccc(F)c2Cl)NN)c1F. The highest BCUT2D eigenvalue weighted by atomic mass is 35.5. The summed E-state index contributed by atoms with van der Waals surface area (Å²) in [6.45, 7) is 1.53. The van der Waals surface area contributed by atoms with Gasteiger partial charge in [0.15, 0.2) is 0 Å². The number of nitrogens with two attached hydrogens (primary N) is 1. The van der Waals surface area contributed by atoms with Crippen molar-refractivity contribution >= 4 is 11.6 Å². The maximum absolute atomic E-state index is 14.1. The lowest BCUT2D eigenvalue weighted by molar-refractivity contribution is 0.469. The maximum Gasteiger partial charge on any atom is 0.142 e. The summed E-state index contributed by atoms with van der Waals surface area (Å²) in [5.41, 5.74) is 2.90. The van der Waals surface area contributed by atoms with Crippen LogP contribution in [-0.2, 0) is 6.42 Å². The van der Waals surface area contributed by atoms with E-state index in [-0.39, 0.29) is 17.0 Å². The van der Waals surface area contributed by atoms with Crippen LogP contribution in [0, 0.1) is 24.4 Å². The Morgan fingerprint density at radius 3 is 2.52 bits per heavy atom. The minimum absolute atomic E-state index is 0.0599. The lowest BCUT2D eigenvalue weighted by Crippen LogP contribution is -2.31. The van der Waals surface area contributed by atoms with Crippen molar-refractivity contribution in [1.29, 1.82) is 0 Å². The summed E-state index contributed by atoms with van der Waals surface area (Å²) < 4.78 is 41.5. The molecule has 0 heterocycles. The minimum Gasteiger partial charge on any atom is -0.271 e. The van der Waals surface area contributed by atoms with E-state index < -0.39 is 23.5 Å². The standard InChI is InChI=1S/C15H14ClF3N2/c1-8-5-6-10(17)13(15(8)19)12(21-20)7-9-3-2-4-11(18)14(9)16/h2-6,12,21H,7,20H2,1H3. The Hall–Kier alpha value is -1.56. The van der Waals surface area contributed by atoms with Gasteiger partial charge < -0.3 is 0 Å². The van der Waals surface area contributed by atoms with Gasteiger partial charge in [-0.15, -0.1) is 0 Å². The molecule has 6 heteroatoms. The predicted molar refractivity (Wildman–Crippen MR) is 76.3 cm³/mol. The molecule has 0 spiro atoms. The van der Waals surface area contributed by atoms with Crippen LogP contribution in [0.3, 0.4) is 0 Å². The Morgan fingerprint density at radius 1 is 1.14 bits per heavy atom. The van der Waals surface area contributed by atoms with Crippen molar-refractivity contribution in [3.05, 3.63) is 69.5 Å². The van der Waals surface area contributed by atoms with E-state index in [2.05, 4.69) is 5.43 Å². The van der Waals surface area contributed by atoms with Crippen molar-refractivity contribution in [2.75, 3.05) is 0 Å². The summed E-state index contributed by atoms with van der Waals surface area (Å²) in [5.74, 6) is 3.43. The quantitative estimate of drug-likeness (QED) is 0.665. The molecule has 21 heavy (non-hydrogen) atoms. The fraction of sp³-hybridized carbons (Fsp3) is 0.200. The van der Waals surface area contributed by atoms with Gasteiger partial charge in [0.25, 0.3) is 0 Å². The third-order valence-corrected chi connectivity index (χ3v) is 3.75. The highest BCUT2D eigenvalue weighted by Gasteiger charge is 2.22. The summed E-state index contributed by atoms with van der Waals surface area (Å²) in [6.07, 6.45) is 0.0599. The zero-order valence-corrected chi connectivity index (χ0v) is 12.0. The zero-order chi connectivity index (χ0) is 15.6. The average Bonchev–Trinajstić information content (AvgIpc) is 2.46. The van der Waals surface area contributed by atoms with Crippen LogP contribution in [0.2, 0.25) is 5.02 Å². The van der Waals surface area contributed by atoms with Gasteiger partial charge in [-0.2, -0.15) is 0 Å². The lowest BCUT2D eigenvalue weighted by atomic mass is 9.96. The molecule has 0 aliphatic rings. The lowest BCUT2D eigenvalue weighted by Gasteiger charge is -2.19. The second-order valence-corrected chi connectivity index (χ2v) is 5.11. The topological polar surface area (TPSA) is 38.0 Å². The van der Waals surface area contributed by atoms with Crippen molar-refractivity contribution in [2.24, 2.45) is 5.84 Å². The molecule has 0 aliphatic carbocycles. The summed E-state index contributed by atoms with van der Waals surface area (Å²) >= 11 is 5.86. The Bertz CT molecular complexity index is 662. The molecule has 0 aliphatic heterocycles. The average molecular weight is 315 g/mol. The number of aryl methyl sites for hydroxylation is 1. The van der Waals surface area contributed by atoms with E-state index in [4.69, 9.17) is 17.4 Å². The maximum atomic E-state index is 14.1. The molecule has 112 valence electrons. The van der Waals surface area contributed by atoms with Crippen LogP contribution in [0.5, 0.6) is 0 Å². The molecule has 2 nitrogen and oxygen atoms in total. The fourth-order valence-corrected chi connectivity index (χ4v) is 2.37.